The van der Waals surface area contributed by atoms with Crippen molar-refractivity contribution in [2.24, 2.45) is 0 Å². The number of benzene rings is 1. The van der Waals surface area contributed by atoms with Gasteiger partial charge in [-0.2, -0.15) is 0 Å². The van der Waals surface area contributed by atoms with Crippen LogP contribution >= 0.6 is 11.3 Å². The quantitative estimate of drug-likeness (QED) is 0.532. The third-order valence-electron chi connectivity index (χ3n) is 5.72. The lowest BCUT2D eigenvalue weighted by Gasteiger charge is -2.26. The number of carbonyl (C=O) groups excluding carboxylic acids is 1. The normalized spacial score (nSPS) is 15.1. The SMILES string of the molecule is CCc1ccc2c(c1)B1OCCCc3sc4nc(C)c(CC=O)c-2c4c31. The molecule has 5 heteroatoms. The summed E-state index contributed by atoms with van der Waals surface area (Å²) in [5.74, 6) is 0. The fourth-order valence-electron chi connectivity index (χ4n) is 4.48. The van der Waals surface area contributed by atoms with Crippen molar-refractivity contribution >= 4 is 45.7 Å². The minimum atomic E-state index is 0.00355. The maximum absolute atomic E-state index is 11.4. The van der Waals surface area contributed by atoms with Gasteiger partial charge in [0.25, 0.3) is 0 Å². The van der Waals surface area contributed by atoms with Gasteiger partial charge in [0.2, 0.25) is 0 Å². The van der Waals surface area contributed by atoms with Crippen molar-refractivity contribution in [2.75, 3.05) is 6.61 Å². The molecule has 0 amide bonds. The van der Waals surface area contributed by atoms with Crippen LogP contribution in [0.15, 0.2) is 18.2 Å². The first-order valence-electron chi connectivity index (χ1n) is 9.36. The molecule has 5 rings (SSSR count). The van der Waals surface area contributed by atoms with Crippen LogP contribution in [0.1, 0.15) is 35.0 Å². The molecule has 0 bridgehead atoms. The summed E-state index contributed by atoms with van der Waals surface area (Å²) in [7, 11) is 0. The first-order chi connectivity index (χ1) is 12.7. The molecule has 2 aliphatic rings. The van der Waals surface area contributed by atoms with Crippen LogP contribution in [-0.4, -0.2) is 24.8 Å². The van der Waals surface area contributed by atoms with E-state index in [4.69, 9.17) is 9.64 Å². The van der Waals surface area contributed by atoms with Crippen LogP contribution in [0.5, 0.6) is 0 Å². The molecule has 4 heterocycles. The number of aldehydes is 1. The van der Waals surface area contributed by atoms with E-state index in [9.17, 15) is 4.79 Å². The van der Waals surface area contributed by atoms with Crippen LogP contribution in [0.3, 0.4) is 0 Å². The smallest absolute Gasteiger partial charge is 0.364 e. The van der Waals surface area contributed by atoms with E-state index in [-0.39, 0.29) is 6.92 Å². The van der Waals surface area contributed by atoms with Gasteiger partial charge in [-0.25, -0.2) is 4.98 Å². The van der Waals surface area contributed by atoms with Crippen LogP contribution in [0.4, 0.5) is 0 Å². The lowest BCUT2D eigenvalue weighted by molar-refractivity contribution is -0.107. The topological polar surface area (TPSA) is 39.2 Å². The van der Waals surface area contributed by atoms with E-state index in [2.05, 4.69) is 25.1 Å². The minimum absolute atomic E-state index is 0.00355. The molecule has 0 saturated heterocycles. The average molecular weight is 361 g/mol. The van der Waals surface area contributed by atoms with Crippen molar-refractivity contribution in [1.29, 1.82) is 0 Å². The van der Waals surface area contributed by atoms with Gasteiger partial charge >= 0.3 is 6.92 Å². The van der Waals surface area contributed by atoms with Crippen molar-refractivity contribution in [3.8, 4) is 11.1 Å². The van der Waals surface area contributed by atoms with Crippen molar-refractivity contribution in [3.63, 3.8) is 0 Å². The third-order valence-corrected chi connectivity index (χ3v) is 6.88. The van der Waals surface area contributed by atoms with E-state index in [1.807, 2.05) is 18.3 Å². The molecule has 2 aromatic heterocycles. The summed E-state index contributed by atoms with van der Waals surface area (Å²) in [4.78, 5) is 18.8. The van der Waals surface area contributed by atoms with Crippen LogP contribution in [0.25, 0.3) is 21.3 Å². The summed E-state index contributed by atoms with van der Waals surface area (Å²) in [6.07, 6.45) is 4.52. The van der Waals surface area contributed by atoms with E-state index < -0.39 is 0 Å². The molecule has 0 saturated carbocycles. The highest BCUT2D eigenvalue weighted by molar-refractivity contribution is 7.21. The maximum Gasteiger partial charge on any atom is 0.364 e. The Labute approximate surface area is 157 Å². The molecule has 26 heavy (non-hydrogen) atoms. The van der Waals surface area contributed by atoms with Gasteiger partial charge in [-0.15, -0.1) is 11.3 Å². The van der Waals surface area contributed by atoms with E-state index >= 15 is 0 Å². The molecule has 2 aliphatic heterocycles. The molecule has 0 unspecified atom stereocenters. The summed E-state index contributed by atoms with van der Waals surface area (Å²) in [5, 5.41) is 1.23. The zero-order chi connectivity index (χ0) is 17.8. The van der Waals surface area contributed by atoms with Gasteiger partial charge in [0.05, 0.1) is 0 Å². The lowest BCUT2D eigenvalue weighted by Crippen LogP contribution is -2.48. The van der Waals surface area contributed by atoms with Gasteiger partial charge < -0.3 is 9.45 Å². The van der Waals surface area contributed by atoms with Gasteiger partial charge in [-0.3, -0.25) is 0 Å². The third kappa shape index (κ3) is 2.17. The van der Waals surface area contributed by atoms with Gasteiger partial charge in [0.1, 0.15) is 11.1 Å². The molecule has 0 spiro atoms. The molecule has 1 aromatic carbocycles. The summed E-state index contributed by atoms with van der Waals surface area (Å²) in [6, 6.07) is 6.74. The van der Waals surface area contributed by atoms with Gasteiger partial charge in [0.15, 0.2) is 0 Å². The molecule has 130 valence electrons. The molecular formula is C21H20BNO2S. The highest BCUT2D eigenvalue weighted by Gasteiger charge is 2.38. The number of hydrogen-bond donors (Lipinski definition) is 0. The molecule has 0 N–H and O–H groups in total. The fraction of sp³-hybridized carbons (Fsp3) is 0.333. The fourth-order valence-corrected chi connectivity index (χ4v) is 5.78. The Morgan fingerprint density at radius 1 is 1.38 bits per heavy atom. The summed E-state index contributed by atoms with van der Waals surface area (Å²) < 4.78 is 6.36. The van der Waals surface area contributed by atoms with E-state index in [1.54, 1.807) is 0 Å². The first kappa shape index (κ1) is 16.2. The number of carbonyl (C=O) groups is 1. The molecule has 0 atom stereocenters. The minimum Gasteiger partial charge on any atom is -0.427 e. The van der Waals surface area contributed by atoms with Gasteiger partial charge in [0, 0.05) is 29.0 Å². The number of nitrogens with zero attached hydrogens (tertiary/aromatic N) is 1. The molecule has 3 nitrogen and oxygen atoms in total. The second-order valence-electron chi connectivity index (χ2n) is 7.17. The van der Waals surface area contributed by atoms with E-state index in [0.29, 0.717) is 6.42 Å². The zero-order valence-electron chi connectivity index (χ0n) is 15.1. The predicted molar refractivity (Wildman–Crippen MR) is 108 cm³/mol. The number of hydrogen-bond acceptors (Lipinski definition) is 4. The van der Waals surface area contributed by atoms with Crippen molar-refractivity contribution in [3.05, 3.63) is 39.9 Å². The Hall–Kier alpha value is -1.98. The Morgan fingerprint density at radius 3 is 3.08 bits per heavy atom. The summed E-state index contributed by atoms with van der Waals surface area (Å²) in [5.41, 5.74) is 8.39. The van der Waals surface area contributed by atoms with E-state index in [1.165, 1.54) is 37.9 Å². The standard InChI is InChI=1S/C21H20BNO2S/c1-3-13-6-7-15-16(11-13)22-20-17(5-4-10-25-22)26-21-19(20)18(15)14(8-9-24)12(2)23-21/h6-7,9,11H,3-5,8,10H2,1-2H3. The Kier molecular flexibility index (Phi) is 3.76. The molecular weight excluding hydrogens is 341 g/mol. The predicted octanol–water partition coefficient (Wildman–Crippen LogP) is 2.96. The number of aromatic nitrogens is 1. The monoisotopic (exact) mass is 361 g/mol. The van der Waals surface area contributed by atoms with Crippen molar-refractivity contribution < 1.29 is 9.45 Å². The Bertz CT molecular complexity index is 1060. The zero-order valence-corrected chi connectivity index (χ0v) is 15.9. The number of pyridine rings is 1. The van der Waals surface area contributed by atoms with Gasteiger partial charge in [-0.1, -0.05) is 25.1 Å². The average Bonchev–Trinajstić information content (AvgIpc) is 2.87. The number of fused-ring (bicyclic) bond motifs is 3. The second-order valence-corrected chi connectivity index (χ2v) is 8.25. The largest absolute Gasteiger partial charge is 0.427 e. The van der Waals surface area contributed by atoms with Crippen LogP contribution in [-0.2, 0) is 28.7 Å². The summed E-state index contributed by atoms with van der Waals surface area (Å²) >= 11 is 1.81. The Morgan fingerprint density at radius 2 is 2.27 bits per heavy atom. The Balaban J connectivity index is 1.94. The van der Waals surface area contributed by atoms with Crippen molar-refractivity contribution in [2.45, 2.75) is 39.5 Å². The maximum atomic E-state index is 11.4. The second kappa shape index (κ2) is 6.03. The highest BCUT2D eigenvalue weighted by atomic mass is 32.1. The highest BCUT2D eigenvalue weighted by Crippen LogP contribution is 2.39. The summed E-state index contributed by atoms with van der Waals surface area (Å²) in [6.45, 7) is 5.01. The van der Waals surface area contributed by atoms with Crippen LogP contribution < -0.4 is 10.9 Å². The van der Waals surface area contributed by atoms with E-state index in [0.717, 1.165) is 48.2 Å². The number of rotatable bonds is 3. The number of aryl methyl sites for hydroxylation is 3. The molecule has 3 aromatic rings. The lowest BCUT2D eigenvalue weighted by atomic mass is 9.49. The molecule has 0 fully saturated rings. The van der Waals surface area contributed by atoms with Crippen molar-refractivity contribution in [1.82, 2.24) is 4.98 Å². The molecule has 0 aliphatic carbocycles. The van der Waals surface area contributed by atoms with Gasteiger partial charge in [-0.05, 0) is 59.4 Å². The van der Waals surface area contributed by atoms with Crippen LogP contribution in [0.2, 0.25) is 0 Å². The number of thiophene rings is 1. The first-order valence-corrected chi connectivity index (χ1v) is 10.2. The van der Waals surface area contributed by atoms with Crippen LogP contribution in [0, 0.1) is 6.92 Å². The molecule has 0 radical (unpaired) electrons.